The van der Waals surface area contributed by atoms with Crippen LogP contribution in [-0.4, -0.2) is 5.84 Å². The molecular weight excluding hydrogens is 328 g/mol. The van der Waals surface area contributed by atoms with Crippen molar-refractivity contribution >= 4 is 34.2 Å². The van der Waals surface area contributed by atoms with Crippen LogP contribution in [-0.2, 0) is 6.61 Å². The van der Waals surface area contributed by atoms with Gasteiger partial charge >= 0.3 is 0 Å². The second-order valence-electron chi connectivity index (χ2n) is 3.82. The maximum atomic E-state index is 7.38. The molecule has 0 saturated carbocycles. The Bertz CT molecular complexity index is 575. The molecule has 0 unspecified atom stereocenters. The first kappa shape index (κ1) is 15.5. The van der Waals surface area contributed by atoms with Gasteiger partial charge in [0.1, 0.15) is 18.2 Å². The van der Waals surface area contributed by atoms with Crippen molar-refractivity contribution in [1.82, 2.24) is 0 Å². The highest BCUT2D eigenvalue weighted by Crippen LogP contribution is 2.19. The smallest absolute Gasteiger partial charge is 0.122 e. The van der Waals surface area contributed by atoms with Crippen LogP contribution in [0.4, 0.5) is 0 Å². The van der Waals surface area contributed by atoms with Crippen LogP contribution in [0.3, 0.4) is 0 Å². The summed E-state index contributed by atoms with van der Waals surface area (Å²) in [5.41, 5.74) is 7.18. The van der Waals surface area contributed by atoms with Crippen molar-refractivity contribution in [2.45, 2.75) is 6.61 Å². The quantitative estimate of drug-likeness (QED) is 0.657. The van der Waals surface area contributed by atoms with E-state index >= 15 is 0 Å². The summed E-state index contributed by atoms with van der Waals surface area (Å²) in [5, 5.41) is 7.38. The molecule has 2 aromatic rings. The Kier molecular flexibility index (Phi) is 5.86. The number of nitrogen functional groups attached to an aromatic ring is 1. The van der Waals surface area contributed by atoms with Gasteiger partial charge in [0, 0.05) is 15.6 Å². The van der Waals surface area contributed by atoms with Crippen LogP contribution < -0.4 is 10.5 Å². The number of halogens is 2. The summed E-state index contributed by atoms with van der Waals surface area (Å²) < 4.78 is 6.70. The zero-order valence-electron chi connectivity index (χ0n) is 10.1. The lowest BCUT2D eigenvalue weighted by molar-refractivity contribution is 0.305. The third-order valence-corrected chi connectivity index (χ3v) is 3.27. The summed E-state index contributed by atoms with van der Waals surface area (Å²) in [6.07, 6.45) is 0. The lowest BCUT2D eigenvalue weighted by Gasteiger charge is -2.08. The normalized spacial score (nSPS) is 9.53. The Labute approximate surface area is 126 Å². The highest BCUT2D eigenvalue weighted by atomic mass is 79.9. The third kappa shape index (κ3) is 4.26. The lowest BCUT2D eigenvalue weighted by atomic mass is 10.2. The SMILES string of the molecule is Cl.N=C(N)c1cccc(OCc2ccccc2Br)c1. The molecule has 2 rings (SSSR count). The third-order valence-electron chi connectivity index (χ3n) is 2.50. The van der Waals surface area contributed by atoms with E-state index in [0.717, 1.165) is 10.0 Å². The van der Waals surface area contributed by atoms with E-state index in [0.29, 0.717) is 17.9 Å². The molecule has 2 aromatic carbocycles. The van der Waals surface area contributed by atoms with Crippen LogP contribution in [0.1, 0.15) is 11.1 Å². The van der Waals surface area contributed by atoms with Crippen LogP contribution in [0.2, 0.25) is 0 Å². The zero-order valence-corrected chi connectivity index (χ0v) is 12.5. The second kappa shape index (κ2) is 7.16. The molecule has 19 heavy (non-hydrogen) atoms. The molecule has 0 aromatic heterocycles. The van der Waals surface area contributed by atoms with Crippen molar-refractivity contribution in [2.75, 3.05) is 0 Å². The van der Waals surface area contributed by atoms with Crippen LogP contribution in [0.5, 0.6) is 5.75 Å². The monoisotopic (exact) mass is 340 g/mol. The van der Waals surface area contributed by atoms with Gasteiger partial charge in [0.05, 0.1) is 0 Å². The number of rotatable bonds is 4. The van der Waals surface area contributed by atoms with Crippen molar-refractivity contribution < 1.29 is 4.74 Å². The molecule has 0 saturated heterocycles. The van der Waals surface area contributed by atoms with E-state index in [-0.39, 0.29) is 18.2 Å². The average molecular weight is 342 g/mol. The highest BCUT2D eigenvalue weighted by Gasteiger charge is 2.02. The largest absolute Gasteiger partial charge is 0.489 e. The average Bonchev–Trinajstić information content (AvgIpc) is 2.38. The van der Waals surface area contributed by atoms with Crippen molar-refractivity contribution in [2.24, 2.45) is 5.73 Å². The number of hydrogen-bond donors (Lipinski definition) is 2. The van der Waals surface area contributed by atoms with E-state index in [2.05, 4.69) is 15.9 Å². The topological polar surface area (TPSA) is 59.1 Å². The van der Waals surface area contributed by atoms with Crippen LogP contribution >= 0.6 is 28.3 Å². The molecule has 0 radical (unpaired) electrons. The van der Waals surface area contributed by atoms with Gasteiger partial charge in [-0.25, -0.2) is 0 Å². The van der Waals surface area contributed by atoms with E-state index in [1.54, 1.807) is 12.1 Å². The minimum absolute atomic E-state index is 0. The minimum Gasteiger partial charge on any atom is -0.489 e. The van der Waals surface area contributed by atoms with Gasteiger partial charge in [-0.1, -0.05) is 46.3 Å². The molecule has 3 nitrogen and oxygen atoms in total. The summed E-state index contributed by atoms with van der Waals surface area (Å²) in [4.78, 5) is 0. The standard InChI is InChI=1S/C14H13BrN2O.ClH/c15-13-7-2-1-4-11(13)9-18-12-6-3-5-10(8-12)14(16)17;/h1-8H,9H2,(H3,16,17);1H. The highest BCUT2D eigenvalue weighted by molar-refractivity contribution is 9.10. The van der Waals surface area contributed by atoms with Crippen molar-refractivity contribution in [3.63, 3.8) is 0 Å². The molecular formula is C14H14BrClN2O. The summed E-state index contributed by atoms with van der Waals surface area (Å²) in [5.74, 6) is 0.750. The van der Waals surface area contributed by atoms with Gasteiger partial charge in [-0.3, -0.25) is 5.41 Å². The molecule has 0 spiro atoms. The van der Waals surface area contributed by atoms with Crippen molar-refractivity contribution in [1.29, 1.82) is 5.41 Å². The fraction of sp³-hybridized carbons (Fsp3) is 0.0714. The molecule has 0 atom stereocenters. The maximum Gasteiger partial charge on any atom is 0.122 e. The number of ether oxygens (including phenoxy) is 1. The summed E-state index contributed by atoms with van der Waals surface area (Å²) in [6, 6.07) is 15.1. The summed E-state index contributed by atoms with van der Waals surface area (Å²) >= 11 is 3.47. The predicted octanol–water partition coefficient (Wildman–Crippen LogP) is 3.73. The number of amidine groups is 1. The first-order valence-electron chi connectivity index (χ1n) is 5.47. The van der Waals surface area contributed by atoms with E-state index in [1.807, 2.05) is 36.4 Å². The Balaban J connectivity index is 0.00000180. The first-order valence-corrected chi connectivity index (χ1v) is 6.27. The van der Waals surface area contributed by atoms with Gasteiger partial charge < -0.3 is 10.5 Å². The molecule has 0 aliphatic carbocycles. The molecule has 5 heteroatoms. The maximum absolute atomic E-state index is 7.38. The molecule has 0 aliphatic rings. The molecule has 0 aliphatic heterocycles. The van der Waals surface area contributed by atoms with Gasteiger partial charge in [-0.2, -0.15) is 0 Å². The summed E-state index contributed by atoms with van der Waals surface area (Å²) in [7, 11) is 0. The van der Waals surface area contributed by atoms with Crippen molar-refractivity contribution in [3.8, 4) is 5.75 Å². The Hall–Kier alpha value is -1.52. The zero-order chi connectivity index (χ0) is 13.0. The number of nitrogens with one attached hydrogen (secondary N) is 1. The Morgan fingerprint density at radius 3 is 2.58 bits per heavy atom. The Morgan fingerprint density at radius 2 is 1.89 bits per heavy atom. The molecule has 0 fully saturated rings. The van der Waals surface area contributed by atoms with E-state index in [4.69, 9.17) is 15.9 Å². The lowest BCUT2D eigenvalue weighted by Crippen LogP contribution is -2.10. The fourth-order valence-corrected chi connectivity index (χ4v) is 1.93. The first-order chi connectivity index (χ1) is 8.66. The number of hydrogen-bond acceptors (Lipinski definition) is 2. The number of nitrogens with two attached hydrogens (primary N) is 1. The molecule has 100 valence electrons. The van der Waals surface area contributed by atoms with Crippen LogP contribution in [0.15, 0.2) is 53.0 Å². The molecule has 0 heterocycles. The Morgan fingerprint density at radius 1 is 1.16 bits per heavy atom. The van der Waals surface area contributed by atoms with Crippen LogP contribution in [0, 0.1) is 5.41 Å². The predicted molar refractivity (Wildman–Crippen MR) is 83.2 cm³/mol. The minimum atomic E-state index is 0. The molecule has 3 N–H and O–H groups in total. The van der Waals surface area contributed by atoms with E-state index in [9.17, 15) is 0 Å². The van der Waals surface area contributed by atoms with Gasteiger partial charge in [-0.05, 0) is 18.2 Å². The van der Waals surface area contributed by atoms with Gasteiger partial charge in [0.25, 0.3) is 0 Å². The van der Waals surface area contributed by atoms with Crippen molar-refractivity contribution in [3.05, 3.63) is 64.1 Å². The van der Waals surface area contributed by atoms with Gasteiger partial charge in [0.15, 0.2) is 0 Å². The van der Waals surface area contributed by atoms with Gasteiger partial charge in [-0.15, -0.1) is 12.4 Å². The molecule has 0 bridgehead atoms. The van der Waals surface area contributed by atoms with E-state index in [1.165, 1.54) is 0 Å². The van der Waals surface area contributed by atoms with E-state index < -0.39 is 0 Å². The number of benzene rings is 2. The fourth-order valence-electron chi connectivity index (χ4n) is 1.53. The molecule has 0 amide bonds. The summed E-state index contributed by atoms with van der Waals surface area (Å²) in [6.45, 7) is 0.475. The van der Waals surface area contributed by atoms with Crippen LogP contribution in [0.25, 0.3) is 0 Å². The second-order valence-corrected chi connectivity index (χ2v) is 4.68. The van der Waals surface area contributed by atoms with Gasteiger partial charge in [0.2, 0.25) is 0 Å².